The molecule has 0 saturated heterocycles. The number of hydrogen-bond donors (Lipinski definition) is 3. The van der Waals surface area contributed by atoms with Crippen molar-refractivity contribution in [3.8, 4) is 0 Å². The summed E-state index contributed by atoms with van der Waals surface area (Å²) in [6, 6.07) is 12.4. The monoisotopic (exact) mass is 397 g/mol. The zero-order valence-electron chi connectivity index (χ0n) is 14.8. The van der Waals surface area contributed by atoms with E-state index >= 15 is 0 Å². The van der Waals surface area contributed by atoms with Crippen LogP contribution in [0.15, 0.2) is 54.7 Å². The zero-order valence-corrected chi connectivity index (χ0v) is 14.8. The standard InChI is InChI=1S/C20H14F3N5O/c21-13-5-6-15(20(23)19(13)22)25-16-7-8-17(28-27-16)26-18(29)9-11-10-24-14-4-2-1-3-12(11)14/h1-8,10,24H,9H2,(H,25,27)(H,26,28,29). The molecule has 0 bridgehead atoms. The molecule has 2 aromatic carbocycles. The Bertz CT molecular complexity index is 1190. The Balaban J connectivity index is 1.42. The van der Waals surface area contributed by atoms with Crippen LogP contribution in [0.25, 0.3) is 10.9 Å². The van der Waals surface area contributed by atoms with Gasteiger partial charge in [0.15, 0.2) is 29.1 Å². The predicted molar refractivity (Wildman–Crippen MR) is 102 cm³/mol. The minimum atomic E-state index is -1.58. The van der Waals surface area contributed by atoms with E-state index in [9.17, 15) is 18.0 Å². The Morgan fingerprint density at radius 3 is 2.48 bits per heavy atom. The Hall–Kier alpha value is -3.88. The summed E-state index contributed by atoms with van der Waals surface area (Å²) in [7, 11) is 0. The van der Waals surface area contributed by atoms with E-state index in [4.69, 9.17) is 0 Å². The molecule has 3 N–H and O–H groups in total. The third-order valence-electron chi connectivity index (χ3n) is 4.26. The molecule has 0 aliphatic carbocycles. The number of benzene rings is 2. The van der Waals surface area contributed by atoms with Crippen molar-refractivity contribution in [2.75, 3.05) is 10.6 Å². The van der Waals surface area contributed by atoms with Gasteiger partial charge in [0.05, 0.1) is 12.1 Å². The number of H-pyrrole nitrogens is 1. The molecule has 0 unspecified atom stereocenters. The third kappa shape index (κ3) is 3.88. The van der Waals surface area contributed by atoms with Crippen molar-refractivity contribution in [3.05, 3.63) is 77.7 Å². The van der Waals surface area contributed by atoms with Crippen LogP contribution in [-0.2, 0) is 11.2 Å². The van der Waals surface area contributed by atoms with Gasteiger partial charge in [-0.25, -0.2) is 13.2 Å². The van der Waals surface area contributed by atoms with Crippen LogP contribution < -0.4 is 10.6 Å². The van der Waals surface area contributed by atoms with E-state index in [0.29, 0.717) is 0 Å². The first-order valence-electron chi connectivity index (χ1n) is 8.60. The Morgan fingerprint density at radius 2 is 1.69 bits per heavy atom. The summed E-state index contributed by atoms with van der Waals surface area (Å²) in [5, 5.41) is 13.7. The summed E-state index contributed by atoms with van der Waals surface area (Å²) < 4.78 is 40.0. The van der Waals surface area contributed by atoms with Crippen LogP contribution >= 0.6 is 0 Å². The molecule has 9 heteroatoms. The molecule has 2 heterocycles. The van der Waals surface area contributed by atoms with Crippen molar-refractivity contribution < 1.29 is 18.0 Å². The third-order valence-corrected chi connectivity index (χ3v) is 4.26. The number of para-hydroxylation sites is 1. The SMILES string of the molecule is O=C(Cc1c[nH]c2ccccc12)Nc1ccc(Nc2ccc(F)c(F)c2F)nn1. The molecule has 4 rings (SSSR count). The smallest absolute Gasteiger partial charge is 0.230 e. The molecule has 0 fully saturated rings. The molecule has 0 saturated carbocycles. The number of nitrogens with one attached hydrogen (secondary N) is 3. The second kappa shape index (κ2) is 7.63. The number of carbonyl (C=O) groups is 1. The minimum absolute atomic E-state index is 0.101. The number of rotatable bonds is 5. The molecule has 0 spiro atoms. The number of anilines is 3. The van der Waals surface area contributed by atoms with E-state index in [2.05, 4.69) is 25.8 Å². The quantitative estimate of drug-likeness (QED) is 0.439. The average Bonchev–Trinajstić information content (AvgIpc) is 3.13. The predicted octanol–water partition coefficient (Wildman–Crippen LogP) is 4.30. The number of fused-ring (bicyclic) bond motifs is 1. The van der Waals surface area contributed by atoms with Gasteiger partial charge >= 0.3 is 0 Å². The van der Waals surface area contributed by atoms with Gasteiger partial charge in [-0.2, -0.15) is 0 Å². The van der Waals surface area contributed by atoms with E-state index in [0.717, 1.165) is 28.6 Å². The van der Waals surface area contributed by atoms with Gasteiger partial charge in [0.1, 0.15) is 0 Å². The van der Waals surface area contributed by atoms with Crippen LogP contribution in [0, 0.1) is 17.5 Å². The average molecular weight is 397 g/mol. The highest BCUT2D eigenvalue weighted by Crippen LogP contribution is 2.23. The molecule has 0 atom stereocenters. The van der Waals surface area contributed by atoms with Crippen molar-refractivity contribution in [2.45, 2.75) is 6.42 Å². The van der Waals surface area contributed by atoms with E-state index in [-0.39, 0.29) is 29.7 Å². The number of aromatic amines is 1. The summed E-state index contributed by atoms with van der Waals surface area (Å²) >= 11 is 0. The summed E-state index contributed by atoms with van der Waals surface area (Å²) in [5.41, 5.74) is 1.50. The molecular weight excluding hydrogens is 383 g/mol. The fraction of sp³-hybridized carbons (Fsp3) is 0.0500. The first-order valence-corrected chi connectivity index (χ1v) is 8.60. The fourth-order valence-electron chi connectivity index (χ4n) is 2.86. The van der Waals surface area contributed by atoms with Gasteiger partial charge in [-0.05, 0) is 35.9 Å². The molecule has 0 aliphatic heterocycles. The van der Waals surface area contributed by atoms with Crippen LogP contribution in [0.5, 0.6) is 0 Å². The van der Waals surface area contributed by atoms with Gasteiger partial charge < -0.3 is 15.6 Å². The normalized spacial score (nSPS) is 10.9. The van der Waals surface area contributed by atoms with Gasteiger partial charge in [0, 0.05) is 17.1 Å². The Kier molecular flexibility index (Phi) is 4.86. The number of aromatic nitrogens is 3. The lowest BCUT2D eigenvalue weighted by Gasteiger charge is -2.08. The number of nitrogens with zero attached hydrogens (tertiary/aromatic N) is 2. The van der Waals surface area contributed by atoms with Crippen LogP contribution in [0.4, 0.5) is 30.5 Å². The van der Waals surface area contributed by atoms with Crippen LogP contribution in [0.2, 0.25) is 0 Å². The second-order valence-corrected chi connectivity index (χ2v) is 6.24. The van der Waals surface area contributed by atoms with Gasteiger partial charge in [-0.3, -0.25) is 4.79 Å². The second-order valence-electron chi connectivity index (χ2n) is 6.24. The van der Waals surface area contributed by atoms with Crippen LogP contribution in [0.3, 0.4) is 0 Å². The first-order chi connectivity index (χ1) is 14.0. The molecule has 0 radical (unpaired) electrons. The van der Waals surface area contributed by atoms with Crippen LogP contribution in [0.1, 0.15) is 5.56 Å². The number of amides is 1. The maximum Gasteiger partial charge on any atom is 0.230 e. The molecule has 4 aromatic rings. The van der Waals surface area contributed by atoms with Crippen molar-refractivity contribution in [1.29, 1.82) is 0 Å². The van der Waals surface area contributed by atoms with Crippen molar-refractivity contribution in [3.63, 3.8) is 0 Å². The van der Waals surface area contributed by atoms with Gasteiger partial charge in [-0.15, -0.1) is 10.2 Å². The maximum absolute atomic E-state index is 13.7. The lowest BCUT2D eigenvalue weighted by atomic mass is 10.1. The maximum atomic E-state index is 13.7. The van der Waals surface area contributed by atoms with Crippen molar-refractivity contribution in [1.82, 2.24) is 15.2 Å². The Morgan fingerprint density at radius 1 is 0.931 bits per heavy atom. The van der Waals surface area contributed by atoms with Crippen molar-refractivity contribution >= 4 is 34.1 Å². The highest BCUT2D eigenvalue weighted by Gasteiger charge is 2.14. The number of halogens is 3. The molecule has 1 amide bonds. The van der Waals surface area contributed by atoms with E-state index in [1.807, 2.05) is 24.3 Å². The summed E-state index contributed by atoms with van der Waals surface area (Å²) in [6.07, 6.45) is 1.92. The molecular formula is C20H14F3N5O. The largest absolute Gasteiger partial charge is 0.361 e. The summed E-state index contributed by atoms with van der Waals surface area (Å²) in [6.45, 7) is 0. The lowest BCUT2D eigenvalue weighted by Crippen LogP contribution is -2.15. The lowest BCUT2D eigenvalue weighted by molar-refractivity contribution is -0.115. The van der Waals surface area contributed by atoms with E-state index < -0.39 is 17.5 Å². The molecule has 6 nitrogen and oxygen atoms in total. The molecule has 29 heavy (non-hydrogen) atoms. The Labute approximate surface area is 162 Å². The number of hydrogen-bond acceptors (Lipinski definition) is 4. The van der Waals surface area contributed by atoms with Gasteiger partial charge in [-0.1, -0.05) is 18.2 Å². The van der Waals surface area contributed by atoms with E-state index in [1.165, 1.54) is 12.1 Å². The van der Waals surface area contributed by atoms with Gasteiger partial charge in [0.25, 0.3) is 0 Å². The first kappa shape index (κ1) is 18.5. The zero-order chi connectivity index (χ0) is 20.4. The van der Waals surface area contributed by atoms with Gasteiger partial charge in [0.2, 0.25) is 5.91 Å². The highest BCUT2D eigenvalue weighted by molar-refractivity contribution is 5.95. The fourth-order valence-corrected chi connectivity index (χ4v) is 2.86. The van der Waals surface area contributed by atoms with Crippen LogP contribution in [-0.4, -0.2) is 21.1 Å². The summed E-state index contributed by atoms with van der Waals surface area (Å²) in [4.78, 5) is 15.4. The molecule has 2 aromatic heterocycles. The molecule has 0 aliphatic rings. The van der Waals surface area contributed by atoms with Crippen molar-refractivity contribution in [2.24, 2.45) is 0 Å². The molecule has 146 valence electrons. The minimum Gasteiger partial charge on any atom is -0.361 e. The number of carbonyl (C=O) groups excluding carboxylic acids is 1. The topological polar surface area (TPSA) is 82.7 Å². The summed E-state index contributed by atoms with van der Waals surface area (Å²) in [5.74, 6) is -4.20. The van der Waals surface area contributed by atoms with E-state index in [1.54, 1.807) is 6.20 Å². The highest BCUT2D eigenvalue weighted by atomic mass is 19.2.